The first-order chi connectivity index (χ1) is 10.1. The summed E-state index contributed by atoms with van der Waals surface area (Å²) in [6.07, 6.45) is 3.98. The molecule has 0 unspecified atom stereocenters. The molecule has 4 nitrogen and oxygen atoms in total. The molecule has 2 rings (SSSR count). The average molecular weight is 291 g/mol. The summed E-state index contributed by atoms with van der Waals surface area (Å²) in [7, 11) is 6.58. The molecule has 0 bridgehead atoms. The van der Waals surface area contributed by atoms with Crippen LogP contribution in [0.1, 0.15) is 24.8 Å². The summed E-state index contributed by atoms with van der Waals surface area (Å²) in [5.41, 5.74) is 7.11. The molecular formula is C17H29N3O. The zero-order valence-corrected chi connectivity index (χ0v) is 13.6. The van der Waals surface area contributed by atoms with E-state index in [4.69, 9.17) is 10.5 Å². The van der Waals surface area contributed by atoms with E-state index < -0.39 is 0 Å². The Hall–Kier alpha value is -1.10. The van der Waals surface area contributed by atoms with E-state index in [0.29, 0.717) is 12.1 Å². The van der Waals surface area contributed by atoms with Crippen LogP contribution in [0.4, 0.5) is 0 Å². The van der Waals surface area contributed by atoms with Gasteiger partial charge in [0.05, 0.1) is 0 Å². The lowest BCUT2D eigenvalue weighted by Crippen LogP contribution is -2.57. The average Bonchev–Trinajstić information content (AvgIpc) is 2.43. The Morgan fingerprint density at radius 3 is 2.29 bits per heavy atom. The number of likely N-dealkylation sites (N-methyl/N-ethyl adjacent to an activating group) is 2. The highest BCUT2D eigenvalue weighted by atomic mass is 16.5. The summed E-state index contributed by atoms with van der Waals surface area (Å²) in [5.74, 6) is 0.923. The third-order valence-corrected chi connectivity index (χ3v) is 4.70. The predicted octanol–water partition coefficient (Wildman–Crippen LogP) is 1.94. The minimum atomic E-state index is 0.386. The predicted molar refractivity (Wildman–Crippen MR) is 87.6 cm³/mol. The van der Waals surface area contributed by atoms with Crippen LogP contribution in [0.25, 0.3) is 0 Å². The Kier molecular flexibility index (Phi) is 5.62. The summed E-state index contributed by atoms with van der Waals surface area (Å²) in [5, 5.41) is 0. The topological polar surface area (TPSA) is 41.7 Å². The highest BCUT2D eigenvalue weighted by molar-refractivity contribution is 5.27. The van der Waals surface area contributed by atoms with E-state index in [1.54, 1.807) is 0 Å². The molecular weight excluding hydrogens is 262 g/mol. The molecule has 1 aliphatic rings. The lowest BCUT2D eigenvalue weighted by atomic mass is 9.75. The smallest absolute Gasteiger partial charge is 0.119 e. The van der Waals surface area contributed by atoms with Crippen molar-refractivity contribution in [3.05, 3.63) is 29.8 Å². The summed E-state index contributed by atoms with van der Waals surface area (Å²) in [4.78, 5) is 4.77. The molecule has 21 heavy (non-hydrogen) atoms. The largest absolute Gasteiger partial charge is 0.492 e. The minimum absolute atomic E-state index is 0.386. The SMILES string of the molecule is CN(CCOc1ccc(CN)cc1)CC1(N(C)C)CCC1. The molecule has 1 fully saturated rings. The number of rotatable bonds is 8. The molecule has 0 heterocycles. The zero-order valence-electron chi connectivity index (χ0n) is 13.6. The number of ether oxygens (including phenoxy) is 1. The fourth-order valence-corrected chi connectivity index (χ4v) is 2.95. The molecule has 1 aromatic rings. The van der Waals surface area contributed by atoms with Crippen molar-refractivity contribution in [1.82, 2.24) is 9.80 Å². The molecule has 0 spiro atoms. The van der Waals surface area contributed by atoms with Crippen LogP contribution in [0.2, 0.25) is 0 Å². The lowest BCUT2D eigenvalue weighted by molar-refractivity contribution is 0.0250. The molecule has 0 atom stereocenters. The second kappa shape index (κ2) is 7.25. The number of nitrogens with zero attached hydrogens (tertiary/aromatic N) is 2. The highest BCUT2D eigenvalue weighted by Gasteiger charge is 2.39. The summed E-state index contributed by atoms with van der Waals surface area (Å²) in [6, 6.07) is 8.04. The van der Waals surface area contributed by atoms with Gasteiger partial charge in [-0.3, -0.25) is 0 Å². The van der Waals surface area contributed by atoms with Gasteiger partial charge < -0.3 is 20.3 Å². The second-order valence-electron chi connectivity index (χ2n) is 6.41. The third-order valence-electron chi connectivity index (χ3n) is 4.70. The van der Waals surface area contributed by atoms with E-state index in [0.717, 1.165) is 31.0 Å². The Labute approximate surface area is 128 Å². The van der Waals surface area contributed by atoms with Gasteiger partial charge in [0.1, 0.15) is 12.4 Å². The van der Waals surface area contributed by atoms with Crippen LogP contribution in [-0.4, -0.2) is 56.2 Å². The minimum Gasteiger partial charge on any atom is -0.492 e. The van der Waals surface area contributed by atoms with Crippen molar-refractivity contribution >= 4 is 0 Å². The molecule has 118 valence electrons. The van der Waals surface area contributed by atoms with Crippen molar-refractivity contribution in [2.75, 3.05) is 40.8 Å². The van der Waals surface area contributed by atoms with Crippen molar-refractivity contribution < 1.29 is 4.74 Å². The van der Waals surface area contributed by atoms with E-state index in [-0.39, 0.29) is 0 Å². The van der Waals surface area contributed by atoms with Crippen LogP contribution in [0.5, 0.6) is 5.75 Å². The van der Waals surface area contributed by atoms with Crippen LogP contribution in [-0.2, 0) is 6.54 Å². The molecule has 1 aromatic carbocycles. The summed E-state index contributed by atoms with van der Waals surface area (Å²) >= 11 is 0. The van der Waals surface area contributed by atoms with Crippen molar-refractivity contribution in [1.29, 1.82) is 0 Å². The van der Waals surface area contributed by atoms with Crippen molar-refractivity contribution in [3.63, 3.8) is 0 Å². The summed E-state index contributed by atoms with van der Waals surface area (Å²) in [6.45, 7) is 3.38. The van der Waals surface area contributed by atoms with E-state index in [1.807, 2.05) is 24.3 Å². The van der Waals surface area contributed by atoms with Crippen molar-refractivity contribution in [3.8, 4) is 5.75 Å². The van der Waals surface area contributed by atoms with Crippen LogP contribution >= 0.6 is 0 Å². The highest BCUT2D eigenvalue weighted by Crippen LogP contribution is 2.36. The number of hydrogen-bond acceptors (Lipinski definition) is 4. The van der Waals surface area contributed by atoms with E-state index in [9.17, 15) is 0 Å². The second-order valence-corrected chi connectivity index (χ2v) is 6.41. The molecule has 0 saturated heterocycles. The fraction of sp³-hybridized carbons (Fsp3) is 0.647. The Bertz CT molecular complexity index is 426. The van der Waals surface area contributed by atoms with Gasteiger partial charge in [0, 0.05) is 25.2 Å². The maximum absolute atomic E-state index is 5.81. The van der Waals surface area contributed by atoms with E-state index in [2.05, 4.69) is 30.9 Å². The molecule has 0 aromatic heterocycles. The van der Waals surface area contributed by atoms with Gasteiger partial charge >= 0.3 is 0 Å². The monoisotopic (exact) mass is 291 g/mol. The first-order valence-corrected chi connectivity index (χ1v) is 7.83. The van der Waals surface area contributed by atoms with Gasteiger partial charge in [-0.1, -0.05) is 12.1 Å². The Morgan fingerprint density at radius 1 is 1.14 bits per heavy atom. The Balaban J connectivity index is 1.72. The van der Waals surface area contributed by atoms with Gasteiger partial charge in [-0.25, -0.2) is 0 Å². The molecule has 4 heteroatoms. The van der Waals surface area contributed by atoms with Gasteiger partial charge in [0.25, 0.3) is 0 Å². The number of nitrogens with two attached hydrogens (primary N) is 1. The van der Waals surface area contributed by atoms with Crippen molar-refractivity contribution in [2.24, 2.45) is 5.73 Å². The molecule has 0 amide bonds. The molecule has 2 N–H and O–H groups in total. The molecule has 1 saturated carbocycles. The fourth-order valence-electron chi connectivity index (χ4n) is 2.95. The van der Waals surface area contributed by atoms with Crippen LogP contribution < -0.4 is 10.5 Å². The van der Waals surface area contributed by atoms with E-state index in [1.165, 1.54) is 19.3 Å². The molecule has 0 aliphatic heterocycles. The quantitative estimate of drug-likeness (QED) is 0.795. The maximum atomic E-state index is 5.81. The van der Waals surface area contributed by atoms with Crippen LogP contribution in [0, 0.1) is 0 Å². The van der Waals surface area contributed by atoms with Crippen LogP contribution in [0.15, 0.2) is 24.3 Å². The first-order valence-electron chi connectivity index (χ1n) is 7.83. The van der Waals surface area contributed by atoms with Gasteiger partial charge in [0.15, 0.2) is 0 Å². The Morgan fingerprint density at radius 2 is 1.81 bits per heavy atom. The number of benzene rings is 1. The van der Waals surface area contributed by atoms with Gasteiger partial charge in [-0.2, -0.15) is 0 Å². The van der Waals surface area contributed by atoms with Gasteiger partial charge in [0.2, 0.25) is 0 Å². The maximum Gasteiger partial charge on any atom is 0.119 e. The lowest BCUT2D eigenvalue weighted by Gasteiger charge is -2.49. The summed E-state index contributed by atoms with van der Waals surface area (Å²) < 4.78 is 5.81. The zero-order chi connectivity index (χ0) is 15.3. The third kappa shape index (κ3) is 4.19. The number of hydrogen-bond donors (Lipinski definition) is 1. The standard InChI is InChI=1S/C17H29N3O/c1-19(2)17(9-4-10-17)14-20(3)11-12-21-16-7-5-15(13-18)6-8-16/h5-8H,4,9-14,18H2,1-3H3. The van der Waals surface area contributed by atoms with Crippen LogP contribution in [0.3, 0.4) is 0 Å². The van der Waals surface area contributed by atoms with Crippen molar-refractivity contribution in [2.45, 2.75) is 31.3 Å². The van der Waals surface area contributed by atoms with Gasteiger partial charge in [-0.05, 0) is 58.1 Å². The van der Waals surface area contributed by atoms with Gasteiger partial charge in [-0.15, -0.1) is 0 Å². The molecule has 0 radical (unpaired) electrons. The van der Waals surface area contributed by atoms with E-state index >= 15 is 0 Å². The first kappa shape index (κ1) is 16.3. The normalized spacial score (nSPS) is 17.0. The molecule has 1 aliphatic carbocycles.